The molecule has 0 bridgehead atoms. The first-order valence-electron chi connectivity index (χ1n) is 6.67. The van der Waals surface area contributed by atoms with Crippen LogP contribution in [0.1, 0.15) is 30.2 Å². The highest BCUT2D eigenvalue weighted by Gasteiger charge is 2.05. The van der Waals surface area contributed by atoms with Gasteiger partial charge < -0.3 is 5.32 Å². The first-order valence-corrected chi connectivity index (χ1v) is 7.05. The van der Waals surface area contributed by atoms with Crippen molar-refractivity contribution in [2.45, 2.75) is 26.3 Å². The number of benzene rings is 1. The highest BCUT2D eigenvalue weighted by Crippen LogP contribution is 2.18. The fraction of sp³-hybridized carbons (Fsp3) is 0.312. The lowest BCUT2D eigenvalue weighted by Gasteiger charge is -2.11. The Bertz CT molecular complexity index is 511. The van der Waals surface area contributed by atoms with Crippen molar-refractivity contribution >= 4 is 11.6 Å². The molecule has 0 fully saturated rings. The van der Waals surface area contributed by atoms with Crippen molar-refractivity contribution in [3.8, 4) is 0 Å². The second-order valence-corrected chi connectivity index (χ2v) is 5.02. The number of nitrogens with zero attached hydrogens (tertiary/aromatic N) is 1. The van der Waals surface area contributed by atoms with Gasteiger partial charge >= 0.3 is 0 Å². The molecule has 0 spiro atoms. The standard InChI is InChI=1S/C16H19ClN2/c1-2-8-18-12-14-10-15(17)7-6-13(14)11-16-5-3-4-9-19-16/h3-7,9-10,18H,2,8,11-12H2,1H3. The molecule has 0 unspecified atom stereocenters. The predicted molar refractivity (Wildman–Crippen MR) is 80.5 cm³/mol. The smallest absolute Gasteiger partial charge is 0.0447 e. The van der Waals surface area contributed by atoms with E-state index in [1.807, 2.05) is 30.5 Å². The van der Waals surface area contributed by atoms with Crippen molar-refractivity contribution in [3.63, 3.8) is 0 Å². The molecule has 0 amide bonds. The summed E-state index contributed by atoms with van der Waals surface area (Å²) >= 11 is 6.09. The Hall–Kier alpha value is -1.38. The number of rotatable bonds is 6. The van der Waals surface area contributed by atoms with E-state index in [-0.39, 0.29) is 0 Å². The molecule has 0 atom stereocenters. The van der Waals surface area contributed by atoms with Crippen molar-refractivity contribution < 1.29 is 0 Å². The van der Waals surface area contributed by atoms with Crippen LogP contribution in [0.25, 0.3) is 0 Å². The monoisotopic (exact) mass is 274 g/mol. The molecule has 3 heteroatoms. The topological polar surface area (TPSA) is 24.9 Å². The molecule has 2 nitrogen and oxygen atoms in total. The second kappa shape index (κ2) is 7.27. The summed E-state index contributed by atoms with van der Waals surface area (Å²) < 4.78 is 0. The number of aromatic nitrogens is 1. The molecule has 0 radical (unpaired) electrons. The van der Waals surface area contributed by atoms with Gasteiger partial charge in [0.2, 0.25) is 0 Å². The maximum absolute atomic E-state index is 6.09. The minimum Gasteiger partial charge on any atom is -0.313 e. The lowest BCUT2D eigenvalue weighted by molar-refractivity contribution is 0.672. The minimum absolute atomic E-state index is 0.790. The summed E-state index contributed by atoms with van der Waals surface area (Å²) in [6.07, 6.45) is 3.82. The average molecular weight is 275 g/mol. The van der Waals surface area contributed by atoms with Crippen LogP contribution in [0.4, 0.5) is 0 Å². The maximum atomic E-state index is 6.09. The Kier molecular flexibility index (Phi) is 5.37. The normalized spacial score (nSPS) is 10.6. The van der Waals surface area contributed by atoms with Crippen molar-refractivity contribution in [1.29, 1.82) is 0 Å². The lowest BCUT2D eigenvalue weighted by Crippen LogP contribution is -2.15. The molecule has 2 aromatic rings. The molecule has 0 aliphatic rings. The fourth-order valence-electron chi connectivity index (χ4n) is 2.03. The first-order chi connectivity index (χ1) is 9.29. The van der Waals surface area contributed by atoms with Gasteiger partial charge in [0, 0.05) is 29.9 Å². The van der Waals surface area contributed by atoms with Crippen LogP contribution in [-0.2, 0) is 13.0 Å². The van der Waals surface area contributed by atoms with Crippen molar-refractivity contribution in [1.82, 2.24) is 10.3 Å². The first kappa shape index (κ1) is 14.0. The average Bonchev–Trinajstić information content (AvgIpc) is 2.43. The molecule has 1 aromatic carbocycles. The van der Waals surface area contributed by atoms with E-state index >= 15 is 0 Å². The van der Waals surface area contributed by atoms with Crippen molar-refractivity contribution in [2.24, 2.45) is 0 Å². The molecule has 0 aliphatic carbocycles. The van der Waals surface area contributed by atoms with Crippen LogP contribution in [0.3, 0.4) is 0 Å². The SMILES string of the molecule is CCCNCc1cc(Cl)ccc1Cc1ccccn1. The summed E-state index contributed by atoms with van der Waals surface area (Å²) in [5, 5.41) is 4.22. The molecule has 100 valence electrons. The molecule has 0 saturated heterocycles. The van der Waals surface area contributed by atoms with Gasteiger partial charge in [-0.2, -0.15) is 0 Å². The van der Waals surface area contributed by atoms with Gasteiger partial charge in [0.05, 0.1) is 0 Å². The van der Waals surface area contributed by atoms with Crippen LogP contribution in [0, 0.1) is 0 Å². The molecular formula is C16H19ClN2. The highest BCUT2D eigenvalue weighted by atomic mass is 35.5. The van der Waals surface area contributed by atoms with Gasteiger partial charge in [0.1, 0.15) is 0 Å². The van der Waals surface area contributed by atoms with Gasteiger partial charge in [-0.25, -0.2) is 0 Å². The molecule has 1 aromatic heterocycles. The quantitative estimate of drug-likeness (QED) is 0.810. The predicted octanol–water partition coefficient (Wildman–Crippen LogP) is 3.83. The van der Waals surface area contributed by atoms with Crippen LogP contribution in [0.5, 0.6) is 0 Å². The summed E-state index contributed by atoms with van der Waals surface area (Å²) in [5.74, 6) is 0. The van der Waals surface area contributed by atoms with E-state index in [0.29, 0.717) is 0 Å². The van der Waals surface area contributed by atoms with Gasteiger partial charge in [0.25, 0.3) is 0 Å². The zero-order valence-corrected chi connectivity index (χ0v) is 12.0. The number of pyridine rings is 1. The molecule has 0 aliphatic heterocycles. The Morgan fingerprint density at radius 2 is 2.05 bits per heavy atom. The Balaban J connectivity index is 2.14. The van der Waals surface area contributed by atoms with E-state index in [9.17, 15) is 0 Å². The van der Waals surface area contributed by atoms with Crippen LogP contribution >= 0.6 is 11.6 Å². The third-order valence-electron chi connectivity index (χ3n) is 3.01. The Morgan fingerprint density at radius 3 is 2.79 bits per heavy atom. The van der Waals surface area contributed by atoms with E-state index in [4.69, 9.17) is 11.6 Å². The molecule has 0 saturated carbocycles. The van der Waals surface area contributed by atoms with E-state index < -0.39 is 0 Å². The lowest BCUT2D eigenvalue weighted by atomic mass is 10.0. The number of nitrogens with one attached hydrogen (secondary N) is 1. The van der Waals surface area contributed by atoms with Gasteiger partial charge in [-0.05, 0) is 48.4 Å². The second-order valence-electron chi connectivity index (χ2n) is 4.59. The molecular weight excluding hydrogens is 256 g/mol. The van der Waals surface area contributed by atoms with Crippen molar-refractivity contribution in [2.75, 3.05) is 6.54 Å². The number of hydrogen-bond acceptors (Lipinski definition) is 2. The van der Waals surface area contributed by atoms with E-state index in [0.717, 1.165) is 36.6 Å². The maximum Gasteiger partial charge on any atom is 0.0447 e. The van der Waals surface area contributed by atoms with Crippen LogP contribution in [-0.4, -0.2) is 11.5 Å². The van der Waals surface area contributed by atoms with Crippen LogP contribution in [0.2, 0.25) is 5.02 Å². The van der Waals surface area contributed by atoms with Crippen molar-refractivity contribution in [3.05, 3.63) is 64.4 Å². The van der Waals surface area contributed by atoms with E-state index in [2.05, 4.69) is 29.4 Å². The van der Waals surface area contributed by atoms with Gasteiger partial charge in [0.15, 0.2) is 0 Å². The Labute approximate surface area is 119 Å². The summed E-state index contributed by atoms with van der Waals surface area (Å²) in [6, 6.07) is 12.1. The summed E-state index contributed by atoms with van der Waals surface area (Å²) in [6.45, 7) is 4.05. The minimum atomic E-state index is 0.790. The van der Waals surface area contributed by atoms with E-state index in [1.165, 1.54) is 11.1 Å². The van der Waals surface area contributed by atoms with Crippen LogP contribution < -0.4 is 5.32 Å². The summed E-state index contributed by atoms with van der Waals surface area (Å²) in [4.78, 5) is 4.38. The zero-order valence-electron chi connectivity index (χ0n) is 11.2. The summed E-state index contributed by atoms with van der Waals surface area (Å²) in [7, 11) is 0. The number of hydrogen-bond donors (Lipinski definition) is 1. The molecule has 19 heavy (non-hydrogen) atoms. The summed E-state index contributed by atoms with van der Waals surface area (Å²) in [5.41, 5.74) is 3.62. The van der Waals surface area contributed by atoms with Gasteiger partial charge in [-0.15, -0.1) is 0 Å². The molecule has 2 rings (SSSR count). The Morgan fingerprint density at radius 1 is 1.16 bits per heavy atom. The third-order valence-corrected chi connectivity index (χ3v) is 3.24. The van der Waals surface area contributed by atoms with Gasteiger partial charge in [-0.3, -0.25) is 4.98 Å². The van der Waals surface area contributed by atoms with Crippen LogP contribution in [0.15, 0.2) is 42.6 Å². The highest BCUT2D eigenvalue weighted by molar-refractivity contribution is 6.30. The third kappa shape index (κ3) is 4.34. The fourth-order valence-corrected chi connectivity index (χ4v) is 2.22. The number of halogens is 1. The molecule has 1 heterocycles. The largest absolute Gasteiger partial charge is 0.313 e. The van der Waals surface area contributed by atoms with Gasteiger partial charge in [-0.1, -0.05) is 30.7 Å². The zero-order chi connectivity index (χ0) is 13.5. The van der Waals surface area contributed by atoms with E-state index in [1.54, 1.807) is 0 Å². The molecule has 1 N–H and O–H groups in total.